The molecule has 0 aromatic heterocycles. The van der Waals surface area contributed by atoms with Gasteiger partial charge in [-0.2, -0.15) is 0 Å². The minimum absolute atomic E-state index is 0.101. The Morgan fingerprint density at radius 1 is 0.967 bits per heavy atom. The number of ketones is 1. The van der Waals surface area contributed by atoms with E-state index in [2.05, 4.69) is 0 Å². The number of benzene rings is 2. The van der Waals surface area contributed by atoms with Gasteiger partial charge in [-0.1, -0.05) is 24.3 Å². The number of carbonyl (C=O) groups excluding carboxylic acids is 4. The van der Waals surface area contributed by atoms with Crippen LogP contribution < -0.4 is 15.5 Å². The molecule has 0 aliphatic carbocycles. The van der Waals surface area contributed by atoms with Crippen LogP contribution in [0, 0.1) is 11.8 Å². The van der Waals surface area contributed by atoms with Crippen LogP contribution in [0.1, 0.15) is 34.5 Å². The number of nitrogens with two attached hydrogens (primary N) is 1. The molecule has 5 atom stereocenters. The van der Waals surface area contributed by atoms with Gasteiger partial charge in [0, 0.05) is 11.1 Å². The molecule has 0 saturated carbocycles. The highest BCUT2D eigenvalue weighted by Crippen LogP contribution is 2.44. The fourth-order valence-corrected chi connectivity index (χ4v) is 5.18. The lowest BCUT2D eigenvalue weighted by Crippen LogP contribution is -3.12. The van der Waals surface area contributed by atoms with E-state index in [0.717, 1.165) is 20.9 Å². The lowest BCUT2D eigenvalue weighted by molar-refractivity contribution is -0.884. The van der Waals surface area contributed by atoms with Crippen molar-refractivity contribution in [3.63, 3.8) is 0 Å². The second-order valence-electron chi connectivity index (χ2n) is 7.99. The summed E-state index contributed by atoms with van der Waals surface area (Å²) in [5, 5.41) is 0. The summed E-state index contributed by atoms with van der Waals surface area (Å²) in [6, 6.07) is 12.9. The Morgan fingerprint density at radius 2 is 1.63 bits per heavy atom. The van der Waals surface area contributed by atoms with E-state index >= 15 is 0 Å². The SMILES string of the molecule is CC(=O)c1ccc(N2C(=O)[C@@H]3[C@H](C2=O)[C@H](C(N)=O)[NH+]2C=Cc4ccccc4[C@@H]32)cc1. The van der Waals surface area contributed by atoms with Gasteiger partial charge in [0.15, 0.2) is 11.8 Å². The summed E-state index contributed by atoms with van der Waals surface area (Å²) in [4.78, 5) is 52.7. The minimum atomic E-state index is -0.821. The van der Waals surface area contributed by atoms with E-state index in [-0.39, 0.29) is 17.7 Å². The van der Waals surface area contributed by atoms with Crippen molar-refractivity contribution in [3.05, 3.63) is 71.4 Å². The van der Waals surface area contributed by atoms with Gasteiger partial charge in [0.05, 0.1) is 11.9 Å². The topological polar surface area (TPSA) is 102 Å². The third kappa shape index (κ3) is 2.42. The number of anilines is 1. The van der Waals surface area contributed by atoms with Crippen molar-refractivity contribution < 1.29 is 24.1 Å². The molecule has 7 heteroatoms. The lowest BCUT2D eigenvalue weighted by atomic mass is 9.84. The van der Waals surface area contributed by atoms with Crippen LogP contribution in [0.4, 0.5) is 5.69 Å². The van der Waals surface area contributed by atoms with Gasteiger partial charge in [0.1, 0.15) is 17.9 Å². The molecule has 5 rings (SSSR count). The number of hydrogen-bond acceptors (Lipinski definition) is 4. The van der Waals surface area contributed by atoms with Crippen LogP contribution in [-0.4, -0.2) is 29.5 Å². The Balaban J connectivity index is 1.60. The molecule has 3 heterocycles. The molecule has 0 bridgehead atoms. The minimum Gasteiger partial charge on any atom is -0.364 e. The monoisotopic (exact) mass is 402 g/mol. The van der Waals surface area contributed by atoms with Crippen molar-refractivity contribution in [3.8, 4) is 0 Å². The van der Waals surface area contributed by atoms with Crippen LogP contribution >= 0.6 is 0 Å². The number of primary amides is 1. The first kappa shape index (κ1) is 18.4. The summed E-state index contributed by atoms with van der Waals surface area (Å²) in [5.41, 5.74) is 8.51. The molecule has 2 saturated heterocycles. The molecule has 3 N–H and O–H groups in total. The zero-order valence-corrected chi connectivity index (χ0v) is 16.2. The predicted molar refractivity (Wildman–Crippen MR) is 108 cm³/mol. The third-order valence-electron chi connectivity index (χ3n) is 6.46. The Kier molecular flexibility index (Phi) is 3.98. The molecule has 0 spiro atoms. The van der Waals surface area contributed by atoms with Crippen LogP contribution in [-0.2, 0) is 14.4 Å². The van der Waals surface area contributed by atoms with Gasteiger partial charge in [0.25, 0.3) is 5.91 Å². The van der Waals surface area contributed by atoms with E-state index in [1.165, 1.54) is 6.92 Å². The Hall–Kier alpha value is -3.58. The number of imide groups is 1. The second-order valence-corrected chi connectivity index (χ2v) is 7.99. The molecule has 2 aromatic rings. The maximum atomic E-state index is 13.5. The summed E-state index contributed by atoms with van der Waals surface area (Å²) in [6.45, 7) is 1.45. The number of fused-ring (bicyclic) bond motifs is 5. The van der Waals surface area contributed by atoms with E-state index in [1.807, 2.05) is 36.5 Å². The fourth-order valence-electron chi connectivity index (χ4n) is 5.18. The normalized spacial score (nSPS) is 28.8. The molecular formula is C23H20N3O4+. The maximum Gasteiger partial charge on any atom is 0.277 e. The molecule has 2 aromatic carbocycles. The number of rotatable bonds is 3. The van der Waals surface area contributed by atoms with Crippen molar-refractivity contribution in [2.45, 2.75) is 19.0 Å². The van der Waals surface area contributed by atoms with Gasteiger partial charge in [-0.25, -0.2) is 4.90 Å². The smallest absolute Gasteiger partial charge is 0.277 e. The van der Waals surface area contributed by atoms with E-state index < -0.39 is 29.7 Å². The quantitative estimate of drug-likeness (QED) is 0.576. The number of nitrogens with one attached hydrogen (secondary N) is 1. The van der Waals surface area contributed by atoms with Crippen molar-refractivity contribution >= 4 is 35.3 Å². The molecule has 150 valence electrons. The number of quaternary nitrogens is 1. The standard InChI is InChI=1S/C23H19N3O4/c1-12(27)13-6-8-15(9-7-13)26-22(29)17-18(23(26)30)20(21(24)28)25-11-10-14-4-2-3-5-16(14)19(17)25/h2-11,17-20H,1H3,(H2,24,28)/p+1/t17-,18+,19+,20-/m1/s1. The van der Waals surface area contributed by atoms with Crippen LogP contribution in [0.5, 0.6) is 0 Å². The molecule has 3 amide bonds. The maximum absolute atomic E-state index is 13.5. The first-order valence-electron chi connectivity index (χ1n) is 9.82. The molecule has 7 nitrogen and oxygen atoms in total. The van der Waals surface area contributed by atoms with Gasteiger partial charge in [-0.05, 0) is 42.8 Å². The van der Waals surface area contributed by atoms with Crippen LogP contribution in [0.2, 0.25) is 0 Å². The van der Waals surface area contributed by atoms with Crippen LogP contribution in [0.3, 0.4) is 0 Å². The highest BCUT2D eigenvalue weighted by molar-refractivity contribution is 6.23. The number of hydrogen-bond donors (Lipinski definition) is 2. The average molecular weight is 402 g/mol. The Morgan fingerprint density at radius 3 is 2.30 bits per heavy atom. The summed E-state index contributed by atoms with van der Waals surface area (Å²) in [5.74, 6) is -2.95. The third-order valence-corrected chi connectivity index (χ3v) is 6.46. The highest BCUT2D eigenvalue weighted by Gasteiger charge is 2.67. The van der Waals surface area contributed by atoms with Gasteiger partial charge < -0.3 is 5.73 Å². The van der Waals surface area contributed by atoms with Crippen LogP contribution in [0.25, 0.3) is 6.08 Å². The van der Waals surface area contributed by atoms with Crippen molar-refractivity contribution in [2.75, 3.05) is 4.90 Å². The molecule has 30 heavy (non-hydrogen) atoms. The number of amides is 3. The number of nitrogens with zero attached hydrogens (tertiary/aromatic N) is 1. The lowest BCUT2D eigenvalue weighted by Gasteiger charge is -2.30. The zero-order chi connectivity index (χ0) is 21.2. The first-order valence-corrected chi connectivity index (χ1v) is 9.82. The summed E-state index contributed by atoms with van der Waals surface area (Å²) >= 11 is 0. The largest absolute Gasteiger partial charge is 0.364 e. The van der Waals surface area contributed by atoms with E-state index in [4.69, 9.17) is 5.73 Å². The van der Waals surface area contributed by atoms with Gasteiger partial charge >= 0.3 is 0 Å². The van der Waals surface area contributed by atoms with Crippen LogP contribution in [0.15, 0.2) is 54.7 Å². The summed E-state index contributed by atoms with van der Waals surface area (Å²) < 4.78 is 0. The molecular weight excluding hydrogens is 382 g/mol. The molecule has 3 aliphatic heterocycles. The summed E-state index contributed by atoms with van der Waals surface area (Å²) in [7, 11) is 0. The molecule has 2 fully saturated rings. The predicted octanol–water partition coefficient (Wildman–Crippen LogP) is 0.473. The molecule has 0 radical (unpaired) electrons. The van der Waals surface area contributed by atoms with E-state index in [0.29, 0.717) is 11.3 Å². The van der Waals surface area contributed by atoms with Gasteiger partial charge in [-0.15, -0.1) is 0 Å². The highest BCUT2D eigenvalue weighted by atomic mass is 16.2. The second kappa shape index (κ2) is 6.47. The Bertz CT molecular complexity index is 1140. The van der Waals surface area contributed by atoms with Gasteiger partial charge in [0.2, 0.25) is 11.8 Å². The zero-order valence-electron chi connectivity index (χ0n) is 16.2. The molecule has 3 aliphatic rings. The van der Waals surface area contributed by atoms with Crippen molar-refractivity contribution in [1.29, 1.82) is 0 Å². The van der Waals surface area contributed by atoms with E-state index in [1.54, 1.807) is 24.3 Å². The number of carbonyl (C=O) groups is 4. The van der Waals surface area contributed by atoms with Crippen molar-refractivity contribution in [2.24, 2.45) is 17.6 Å². The molecule has 1 unspecified atom stereocenters. The van der Waals surface area contributed by atoms with Gasteiger partial charge in [-0.3, -0.25) is 24.1 Å². The average Bonchev–Trinajstić information content (AvgIpc) is 3.21. The summed E-state index contributed by atoms with van der Waals surface area (Å²) in [6.07, 6.45) is 3.75. The van der Waals surface area contributed by atoms with E-state index in [9.17, 15) is 19.2 Å². The number of Topliss-reactive ketones (excluding diaryl/α,β-unsaturated/α-hetero) is 1. The fraction of sp³-hybridized carbons (Fsp3) is 0.217. The first-order chi connectivity index (χ1) is 14.4. The van der Waals surface area contributed by atoms with Crippen molar-refractivity contribution in [1.82, 2.24) is 0 Å². The Labute approximate surface area is 172 Å².